The second-order valence-corrected chi connectivity index (χ2v) is 11.3. The number of aromatic nitrogens is 3. The van der Waals surface area contributed by atoms with Crippen molar-refractivity contribution in [1.82, 2.24) is 30.1 Å². The van der Waals surface area contributed by atoms with Crippen molar-refractivity contribution in [2.45, 2.75) is 51.4 Å². The third-order valence-electron chi connectivity index (χ3n) is 6.59. The average molecular weight is 549 g/mol. The summed E-state index contributed by atoms with van der Waals surface area (Å²) < 4.78 is 13.0. The van der Waals surface area contributed by atoms with E-state index in [0.717, 1.165) is 30.8 Å². The number of halogens is 1. The van der Waals surface area contributed by atoms with Crippen LogP contribution in [0.15, 0.2) is 28.8 Å². The van der Waals surface area contributed by atoms with Gasteiger partial charge in [0.2, 0.25) is 5.88 Å². The Morgan fingerprint density at radius 2 is 2.03 bits per heavy atom. The van der Waals surface area contributed by atoms with Gasteiger partial charge in [0.1, 0.15) is 11.4 Å². The molecule has 0 aliphatic carbocycles. The van der Waals surface area contributed by atoms with Gasteiger partial charge < -0.3 is 29.5 Å². The Labute approximate surface area is 222 Å². The second-order valence-electron chi connectivity index (χ2n) is 9.61. The maximum absolute atomic E-state index is 13.1. The van der Waals surface area contributed by atoms with Crippen molar-refractivity contribution in [2.24, 2.45) is 0 Å². The van der Waals surface area contributed by atoms with Gasteiger partial charge in [0, 0.05) is 50.4 Å². The third-order valence-corrected chi connectivity index (χ3v) is 7.84. The Morgan fingerprint density at radius 1 is 1.27 bits per heavy atom. The van der Waals surface area contributed by atoms with Gasteiger partial charge in [-0.15, -0.1) is 16.4 Å². The molecule has 0 unspecified atom stereocenters. The van der Waals surface area contributed by atoms with Gasteiger partial charge in [-0.05, 0) is 38.8 Å². The lowest BCUT2D eigenvalue weighted by atomic mass is 10.0. The van der Waals surface area contributed by atoms with Crippen LogP contribution >= 0.6 is 22.9 Å². The smallest absolute Gasteiger partial charge is 0.390 e. The van der Waals surface area contributed by atoms with Crippen LogP contribution in [0, 0.1) is 0 Å². The first kappa shape index (κ1) is 25.7. The summed E-state index contributed by atoms with van der Waals surface area (Å²) in [6.07, 6.45) is 0.531. The van der Waals surface area contributed by atoms with Crippen molar-refractivity contribution in [1.29, 1.82) is 0 Å². The molecule has 2 N–H and O–H groups in total. The lowest BCUT2D eigenvalue weighted by Gasteiger charge is -2.35. The summed E-state index contributed by atoms with van der Waals surface area (Å²) in [4.78, 5) is 30.3. The average Bonchev–Trinajstić information content (AvgIpc) is 3.57. The van der Waals surface area contributed by atoms with E-state index < -0.39 is 12.2 Å². The Morgan fingerprint density at radius 3 is 2.68 bits per heavy atom. The van der Waals surface area contributed by atoms with Gasteiger partial charge >= 0.3 is 6.09 Å². The molecule has 0 atom stereocenters. The minimum absolute atomic E-state index is 0.00953. The molecular formula is C24H29ClN6O5S. The highest BCUT2D eigenvalue weighted by Crippen LogP contribution is 2.31. The molecule has 2 fully saturated rings. The minimum atomic E-state index is -0.607. The molecule has 0 bridgehead atoms. The highest BCUT2D eigenvalue weighted by Gasteiger charge is 2.32. The van der Waals surface area contributed by atoms with Gasteiger partial charge in [-0.3, -0.25) is 4.79 Å². The maximum atomic E-state index is 13.1. The summed E-state index contributed by atoms with van der Waals surface area (Å²) in [7, 11) is 0. The first-order valence-electron chi connectivity index (χ1n) is 12.2. The normalized spacial score (nSPS) is 17.3. The van der Waals surface area contributed by atoms with Gasteiger partial charge in [0.25, 0.3) is 5.91 Å². The van der Waals surface area contributed by atoms with Crippen LogP contribution in [0.3, 0.4) is 0 Å². The Bertz CT molecular complexity index is 1260. The number of nitrogens with zero attached hydrogens (tertiary/aromatic N) is 5. The third kappa shape index (κ3) is 5.98. The maximum Gasteiger partial charge on any atom is 0.414 e. The van der Waals surface area contributed by atoms with Crippen LogP contribution in [0.25, 0.3) is 10.6 Å². The van der Waals surface area contributed by atoms with Crippen LogP contribution in [0.1, 0.15) is 42.9 Å². The number of thiophene rings is 1. The van der Waals surface area contributed by atoms with E-state index in [4.69, 9.17) is 20.9 Å². The number of hydrogen-bond donors (Lipinski definition) is 2. The number of aliphatic hydroxyl groups excluding tert-OH is 1. The number of carbonyl (C=O) groups excluding carboxylic acids is 2. The number of ether oxygens (including phenoxy) is 1. The van der Waals surface area contributed by atoms with Crippen molar-refractivity contribution >= 4 is 34.9 Å². The molecule has 5 heterocycles. The lowest BCUT2D eigenvalue weighted by Crippen LogP contribution is -2.53. The molecular weight excluding hydrogens is 520 g/mol. The molecule has 0 spiro atoms. The van der Waals surface area contributed by atoms with E-state index >= 15 is 0 Å². The van der Waals surface area contributed by atoms with E-state index in [1.54, 1.807) is 12.1 Å². The van der Waals surface area contributed by atoms with E-state index in [9.17, 15) is 14.7 Å². The Hall–Kier alpha value is -2.93. The predicted octanol–water partition coefficient (Wildman–Crippen LogP) is 3.08. The van der Waals surface area contributed by atoms with Gasteiger partial charge in [-0.1, -0.05) is 16.8 Å². The summed E-state index contributed by atoms with van der Waals surface area (Å²) in [6, 6.07) is 7.30. The minimum Gasteiger partial charge on any atom is -0.390 e. The number of piperidine rings is 1. The molecule has 5 rings (SSSR count). The van der Waals surface area contributed by atoms with E-state index in [-0.39, 0.29) is 43.2 Å². The van der Waals surface area contributed by atoms with Crippen molar-refractivity contribution in [3.8, 4) is 16.5 Å². The number of amides is 2. The summed E-state index contributed by atoms with van der Waals surface area (Å²) in [6.45, 7) is 6.75. The highest BCUT2D eigenvalue weighted by atomic mass is 35.5. The van der Waals surface area contributed by atoms with Gasteiger partial charge in [0.15, 0.2) is 5.76 Å². The summed E-state index contributed by atoms with van der Waals surface area (Å²) in [5, 5.41) is 21.0. The molecule has 13 heteroatoms. The van der Waals surface area contributed by atoms with Crippen LogP contribution in [0.4, 0.5) is 4.79 Å². The molecule has 0 aromatic carbocycles. The summed E-state index contributed by atoms with van der Waals surface area (Å²) >= 11 is 7.39. The highest BCUT2D eigenvalue weighted by molar-refractivity contribution is 7.19. The SMILES string of the molecule is CC(C)N1CCC(NC(=O)Oc2cc(C(=O)N3CC(O)C3)n(Cc3cc(-c4ccc(Cl)s4)on3)n2)CC1. The van der Waals surface area contributed by atoms with Crippen molar-refractivity contribution in [3.05, 3.63) is 40.0 Å². The van der Waals surface area contributed by atoms with E-state index in [0.29, 0.717) is 21.8 Å². The van der Waals surface area contributed by atoms with Crippen LogP contribution in [0.2, 0.25) is 4.34 Å². The van der Waals surface area contributed by atoms with E-state index in [2.05, 4.69) is 34.3 Å². The van der Waals surface area contributed by atoms with Gasteiger partial charge in [0.05, 0.1) is 21.9 Å². The van der Waals surface area contributed by atoms with Crippen molar-refractivity contribution < 1.29 is 24.0 Å². The zero-order valence-corrected chi connectivity index (χ0v) is 22.2. The topological polar surface area (TPSA) is 126 Å². The molecule has 11 nitrogen and oxygen atoms in total. The number of nitrogens with one attached hydrogen (secondary N) is 1. The number of aliphatic hydroxyl groups is 1. The lowest BCUT2D eigenvalue weighted by molar-refractivity contribution is 0.00511. The van der Waals surface area contributed by atoms with Gasteiger partial charge in [-0.2, -0.15) is 0 Å². The van der Waals surface area contributed by atoms with E-state index in [1.165, 1.54) is 27.0 Å². The number of β-amino-alcohol motifs (C(OH)–C–C–N with tert-alkyl or cyclic N) is 1. The van der Waals surface area contributed by atoms with Crippen LogP contribution < -0.4 is 10.1 Å². The molecule has 0 saturated carbocycles. The zero-order valence-electron chi connectivity index (χ0n) is 20.6. The van der Waals surface area contributed by atoms with Crippen molar-refractivity contribution in [2.75, 3.05) is 26.2 Å². The van der Waals surface area contributed by atoms with Crippen LogP contribution in [0.5, 0.6) is 5.88 Å². The quantitative estimate of drug-likeness (QED) is 0.461. The van der Waals surface area contributed by atoms with E-state index in [1.807, 2.05) is 6.07 Å². The summed E-state index contributed by atoms with van der Waals surface area (Å²) in [5.41, 5.74) is 0.761. The number of likely N-dealkylation sites (tertiary alicyclic amines) is 2. The fourth-order valence-electron chi connectivity index (χ4n) is 4.47. The molecule has 0 radical (unpaired) electrons. The molecule has 37 heavy (non-hydrogen) atoms. The molecule has 3 aromatic heterocycles. The number of carbonyl (C=O) groups is 2. The Kier molecular flexibility index (Phi) is 7.52. The van der Waals surface area contributed by atoms with Gasteiger partial charge in [-0.25, -0.2) is 9.48 Å². The second kappa shape index (κ2) is 10.8. The molecule has 198 valence electrons. The van der Waals surface area contributed by atoms with Crippen LogP contribution in [-0.2, 0) is 6.54 Å². The molecule has 2 saturated heterocycles. The largest absolute Gasteiger partial charge is 0.414 e. The number of hydrogen-bond acceptors (Lipinski definition) is 9. The van der Waals surface area contributed by atoms with Crippen LogP contribution in [-0.4, -0.2) is 86.2 Å². The first-order valence-corrected chi connectivity index (χ1v) is 13.4. The summed E-state index contributed by atoms with van der Waals surface area (Å²) in [5.74, 6) is 0.246. The molecule has 2 amide bonds. The predicted molar refractivity (Wildman–Crippen MR) is 137 cm³/mol. The molecule has 2 aliphatic heterocycles. The molecule has 2 aliphatic rings. The molecule has 3 aromatic rings. The fraction of sp³-hybridized carbons (Fsp3) is 0.500. The standard InChI is InChI=1S/C24H29ClN6O5S/c1-14(2)29-7-5-15(6-8-29)26-24(34)35-22-10-18(23(33)30-12-17(32)13-30)31(27-22)11-16-9-19(36-28-16)20-3-4-21(25)37-20/h3-4,9-10,14-15,17,32H,5-8,11-13H2,1-2H3,(H,26,34). The zero-order chi connectivity index (χ0) is 26.1. The monoisotopic (exact) mass is 548 g/mol. The van der Waals surface area contributed by atoms with Crippen molar-refractivity contribution in [3.63, 3.8) is 0 Å². The first-order chi connectivity index (χ1) is 17.7. The fourth-order valence-corrected chi connectivity index (χ4v) is 5.46. The number of rotatable bonds is 7. The Balaban J connectivity index is 1.28.